The Labute approximate surface area is 221 Å². The molecule has 4 unspecified atom stereocenters. The van der Waals surface area contributed by atoms with Crippen LogP contribution in [-0.2, 0) is 22.7 Å². The van der Waals surface area contributed by atoms with E-state index in [0.717, 1.165) is 11.1 Å². The molecule has 0 aromatic heterocycles. The number of halogens is 4. The molecule has 4 rings (SSSR count). The largest absolute Gasteiger partial charge is 0.336 e. The fourth-order valence-corrected chi connectivity index (χ4v) is 6.67. The second kappa shape index (κ2) is 10.7. The summed E-state index contributed by atoms with van der Waals surface area (Å²) in [4.78, 5) is 28.0. The Hall–Kier alpha value is -1.46. The SMILES string of the molecule is O=C1N(Cc2ccccc2)CC(CCl)C1(Cl)CCC1(Cl)C(=O)N(Cc2ccccc2)CC1CCl. The van der Waals surface area contributed by atoms with Crippen LogP contribution in [0.3, 0.4) is 0 Å². The zero-order valence-electron chi connectivity index (χ0n) is 18.8. The third-order valence-electron chi connectivity index (χ3n) is 7.12. The standard InChI is InChI=1S/C26H28Cl4N2O2/c27-13-21-17-31(15-19-7-3-1-4-8-19)23(33)25(21,29)11-12-26(30)22(14-28)18-32(24(26)34)16-20-9-5-2-6-10-20/h1-10,21-22H,11-18H2. The van der Waals surface area contributed by atoms with E-state index in [2.05, 4.69) is 0 Å². The lowest BCUT2D eigenvalue weighted by Gasteiger charge is -2.31. The van der Waals surface area contributed by atoms with Gasteiger partial charge in [-0.1, -0.05) is 60.7 Å². The summed E-state index contributed by atoms with van der Waals surface area (Å²) in [6.07, 6.45) is 0.524. The molecule has 2 saturated heterocycles. The van der Waals surface area contributed by atoms with Crippen molar-refractivity contribution in [3.05, 3.63) is 71.8 Å². The average molecular weight is 542 g/mol. The molecule has 0 spiro atoms. The number of likely N-dealkylation sites (tertiary alicyclic amines) is 2. The Balaban J connectivity index is 1.48. The minimum absolute atomic E-state index is 0.155. The Kier molecular flexibility index (Phi) is 8.03. The molecule has 0 aliphatic carbocycles. The van der Waals surface area contributed by atoms with Gasteiger partial charge in [-0.05, 0) is 24.0 Å². The Morgan fingerprint density at radius 3 is 1.35 bits per heavy atom. The first-order chi connectivity index (χ1) is 16.3. The summed E-state index contributed by atoms with van der Waals surface area (Å²) in [7, 11) is 0. The van der Waals surface area contributed by atoms with Crippen LogP contribution in [0.1, 0.15) is 24.0 Å². The topological polar surface area (TPSA) is 40.6 Å². The molecule has 34 heavy (non-hydrogen) atoms. The van der Waals surface area contributed by atoms with Gasteiger partial charge in [0.1, 0.15) is 9.75 Å². The Morgan fingerprint density at radius 2 is 1.03 bits per heavy atom. The predicted molar refractivity (Wildman–Crippen MR) is 139 cm³/mol. The number of carbonyl (C=O) groups excluding carboxylic acids is 2. The Morgan fingerprint density at radius 1 is 0.676 bits per heavy atom. The number of hydrogen-bond acceptors (Lipinski definition) is 2. The van der Waals surface area contributed by atoms with Gasteiger partial charge in [0.05, 0.1) is 0 Å². The molecule has 2 heterocycles. The third kappa shape index (κ3) is 4.93. The van der Waals surface area contributed by atoms with Gasteiger partial charge in [-0.3, -0.25) is 9.59 Å². The van der Waals surface area contributed by atoms with Gasteiger partial charge < -0.3 is 9.80 Å². The molecule has 8 heteroatoms. The maximum absolute atomic E-state index is 13.4. The number of alkyl halides is 4. The van der Waals surface area contributed by atoms with Crippen molar-refractivity contribution < 1.29 is 9.59 Å². The molecular formula is C26H28Cl4N2O2. The average Bonchev–Trinajstić information content (AvgIpc) is 3.24. The first-order valence-corrected chi connectivity index (χ1v) is 13.3. The summed E-state index contributed by atoms with van der Waals surface area (Å²) in [6, 6.07) is 19.6. The number of amides is 2. The van der Waals surface area contributed by atoms with E-state index in [1.165, 1.54) is 0 Å². The molecule has 4 nitrogen and oxygen atoms in total. The fourth-order valence-electron chi connectivity index (χ4n) is 5.07. The van der Waals surface area contributed by atoms with E-state index < -0.39 is 9.75 Å². The van der Waals surface area contributed by atoms with Crippen LogP contribution in [0.25, 0.3) is 0 Å². The van der Waals surface area contributed by atoms with Crippen LogP contribution < -0.4 is 0 Å². The summed E-state index contributed by atoms with van der Waals surface area (Å²) in [6.45, 7) is 1.90. The van der Waals surface area contributed by atoms with Crippen LogP contribution in [-0.4, -0.2) is 56.2 Å². The molecule has 4 atom stereocenters. The van der Waals surface area contributed by atoms with Gasteiger partial charge in [0.2, 0.25) is 11.8 Å². The summed E-state index contributed by atoms with van der Waals surface area (Å²) >= 11 is 26.5. The number of nitrogens with zero attached hydrogens (tertiary/aromatic N) is 2. The number of carbonyl (C=O) groups is 2. The van der Waals surface area contributed by atoms with E-state index in [4.69, 9.17) is 46.4 Å². The highest BCUT2D eigenvalue weighted by Gasteiger charge is 2.57. The number of rotatable bonds is 9. The van der Waals surface area contributed by atoms with Crippen molar-refractivity contribution in [2.45, 2.75) is 35.7 Å². The van der Waals surface area contributed by atoms with Gasteiger partial charge >= 0.3 is 0 Å². The van der Waals surface area contributed by atoms with Gasteiger partial charge in [0, 0.05) is 49.8 Å². The van der Waals surface area contributed by atoms with E-state index in [0.29, 0.717) is 26.2 Å². The van der Waals surface area contributed by atoms with E-state index in [1.54, 1.807) is 9.80 Å². The van der Waals surface area contributed by atoms with Crippen LogP contribution in [0.2, 0.25) is 0 Å². The van der Waals surface area contributed by atoms with Crippen molar-refractivity contribution >= 4 is 58.2 Å². The van der Waals surface area contributed by atoms with Gasteiger partial charge in [0.15, 0.2) is 0 Å². The highest BCUT2D eigenvalue weighted by Crippen LogP contribution is 2.46. The van der Waals surface area contributed by atoms with Crippen LogP contribution in [0, 0.1) is 11.8 Å². The second-order valence-electron chi connectivity index (χ2n) is 9.27. The predicted octanol–water partition coefficient (Wildman–Crippen LogP) is 5.52. The first kappa shape index (κ1) is 25.6. The summed E-state index contributed by atoms with van der Waals surface area (Å²) in [5.74, 6) is -0.278. The monoisotopic (exact) mass is 540 g/mol. The molecular weight excluding hydrogens is 514 g/mol. The zero-order chi connectivity index (χ0) is 24.3. The van der Waals surface area contributed by atoms with Gasteiger partial charge in [0.25, 0.3) is 0 Å². The lowest BCUT2D eigenvalue weighted by atomic mass is 9.84. The molecule has 182 valence electrons. The van der Waals surface area contributed by atoms with Crippen LogP contribution in [0.4, 0.5) is 0 Å². The minimum Gasteiger partial charge on any atom is -0.336 e. The molecule has 0 saturated carbocycles. The first-order valence-electron chi connectivity index (χ1n) is 11.5. The van der Waals surface area contributed by atoms with Crippen LogP contribution in [0.5, 0.6) is 0 Å². The zero-order valence-corrected chi connectivity index (χ0v) is 21.8. The van der Waals surface area contributed by atoms with Gasteiger partial charge in [-0.2, -0.15) is 0 Å². The van der Waals surface area contributed by atoms with Crippen molar-refractivity contribution in [3.8, 4) is 0 Å². The number of benzene rings is 2. The fraction of sp³-hybridized carbons (Fsp3) is 0.462. The van der Waals surface area contributed by atoms with Crippen molar-refractivity contribution in [1.82, 2.24) is 9.80 Å². The van der Waals surface area contributed by atoms with E-state index in [9.17, 15) is 9.59 Å². The molecule has 2 amide bonds. The molecule has 2 fully saturated rings. The van der Waals surface area contributed by atoms with Gasteiger partial charge in [-0.25, -0.2) is 0 Å². The molecule has 0 N–H and O–H groups in total. The molecule has 2 aromatic rings. The van der Waals surface area contributed by atoms with E-state index in [-0.39, 0.29) is 48.3 Å². The van der Waals surface area contributed by atoms with Crippen molar-refractivity contribution in [3.63, 3.8) is 0 Å². The van der Waals surface area contributed by atoms with Gasteiger partial charge in [-0.15, -0.1) is 46.4 Å². The second-order valence-corrected chi connectivity index (χ2v) is 11.2. The molecule has 0 bridgehead atoms. The molecule has 2 aliphatic rings. The summed E-state index contributed by atoms with van der Waals surface area (Å²) in [5, 5.41) is 0. The van der Waals surface area contributed by atoms with E-state index in [1.807, 2.05) is 60.7 Å². The molecule has 2 aromatic carbocycles. The molecule has 2 aliphatic heterocycles. The lowest BCUT2D eigenvalue weighted by Crippen LogP contribution is -2.44. The highest BCUT2D eigenvalue weighted by molar-refractivity contribution is 6.38. The normalized spacial score (nSPS) is 29.3. The van der Waals surface area contributed by atoms with Crippen LogP contribution >= 0.6 is 46.4 Å². The highest BCUT2D eigenvalue weighted by atomic mass is 35.5. The van der Waals surface area contributed by atoms with Crippen molar-refractivity contribution in [1.29, 1.82) is 0 Å². The minimum atomic E-state index is -1.19. The summed E-state index contributed by atoms with van der Waals surface area (Å²) in [5.41, 5.74) is 2.06. The number of hydrogen-bond donors (Lipinski definition) is 0. The third-order valence-corrected chi connectivity index (χ3v) is 9.18. The van der Waals surface area contributed by atoms with E-state index >= 15 is 0 Å². The molecule has 0 radical (unpaired) electrons. The maximum atomic E-state index is 13.4. The maximum Gasteiger partial charge on any atom is 0.244 e. The van der Waals surface area contributed by atoms with Crippen molar-refractivity contribution in [2.75, 3.05) is 24.8 Å². The smallest absolute Gasteiger partial charge is 0.244 e. The van der Waals surface area contributed by atoms with Crippen LogP contribution in [0.15, 0.2) is 60.7 Å². The Bertz CT molecular complexity index is 927. The lowest BCUT2D eigenvalue weighted by molar-refractivity contribution is -0.132. The summed E-state index contributed by atoms with van der Waals surface area (Å²) < 4.78 is 0. The van der Waals surface area contributed by atoms with Crippen molar-refractivity contribution in [2.24, 2.45) is 11.8 Å². The quantitative estimate of drug-likeness (QED) is 0.392.